The predicted molar refractivity (Wildman–Crippen MR) is 54.7 cm³/mol. The van der Waals surface area contributed by atoms with Gasteiger partial charge in [-0.05, 0) is 12.1 Å². The van der Waals surface area contributed by atoms with E-state index in [0.29, 0.717) is 5.76 Å². The lowest BCUT2D eigenvalue weighted by atomic mass is 10.1. The smallest absolute Gasteiger partial charge is 0.226 e. The maximum Gasteiger partial charge on any atom is 0.226 e. The molecule has 4 heteroatoms. The zero-order valence-electron chi connectivity index (χ0n) is 9.10. The van der Waals surface area contributed by atoms with Crippen molar-refractivity contribution in [2.45, 2.75) is 19.9 Å². The first-order valence-electron chi connectivity index (χ1n) is 4.77. The maximum absolute atomic E-state index is 11.7. The Hall–Kier alpha value is -1.76. The highest BCUT2D eigenvalue weighted by atomic mass is 16.3. The van der Waals surface area contributed by atoms with E-state index in [4.69, 9.17) is 9.68 Å². The van der Waals surface area contributed by atoms with E-state index in [1.165, 1.54) is 11.2 Å². The number of carbonyl (C=O) groups excluding carboxylic acids is 1. The van der Waals surface area contributed by atoms with Crippen molar-refractivity contribution in [3.05, 3.63) is 24.2 Å². The number of nitrogens with zero attached hydrogens (tertiary/aromatic N) is 2. The van der Waals surface area contributed by atoms with E-state index >= 15 is 0 Å². The second-order valence-electron chi connectivity index (χ2n) is 3.65. The van der Waals surface area contributed by atoms with Crippen molar-refractivity contribution in [1.82, 2.24) is 4.90 Å². The summed E-state index contributed by atoms with van der Waals surface area (Å²) in [6.45, 7) is 3.60. The van der Waals surface area contributed by atoms with Crippen molar-refractivity contribution in [1.29, 1.82) is 5.26 Å². The van der Waals surface area contributed by atoms with E-state index < -0.39 is 6.04 Å². The lowest BCUT2D eigenvalue weighted by molar-refractivity contribution is -0.134. The first-order chi connectivity index (χ1) is 7.07. The minimum Gasteiger partial charge on any atom is -0.466 e. The average Bonchev–Trinajstić information content (AvgIpc) is 2.70. The highest BCUT2D eigenvalue weighted by Gasteiger charge is 2.24. The average molecular weight is 206 g/mol. The van der Waals surface area contributed by atoms with Crippen LogP contribution in [0.5, 0.6) is 0 Å². The van der Waals surface area contributed by atoms with E-state index in [1.54, 1.807) is 33.0 Å². The molecular formula is C11H14N2O2. The molecule has 1 heterocycles. The number of rotatable bonds is 3. The fraction of sp³-hybridized carbons (Fsp3) is 0.455. The van der Waals surface area contributed by atoms with Crippen molar-refractivity contribution in [3.8, 4) is 6.07 Å². The fourth-order valence-electron chi connectivity index (χ4n) is 1.32. The molecule has 15 heavy (non-hydrogen) atoms. The molecule has 0 aliphatic heterocycles. The largest absolute Gasteiger partial charge is 0.466 e. The lowest BCUT2D eigenvalue weighted by Gasteiger charge is -2.22. The normalized spacial score (nSPS) is 12.2. The molecule has 1 unspecified atom stereocenters. The van der Waals surface area contributed by atoms with Gasteiger partial charge in [0.25, 0.3) is 0 Å². The first-order valence-corrected chi connectivity index (χ1v) is 4.77. The summed E-state index contributed by atoms with van der Waals surface area (Å²) in [5, 5.41) is 9.00. The summed E-state index contributed by atoms with van der Waals surface area (Å²) < 4.78 is 5.12. The van der Waals surface area contributed by atoms with Crippen LogP contribution in [0.3, 0.4) is 0 Å². The van der Waals surface area contributed by atoms with Crippen molar-refractivity contribution in [2.75, 3.05) is 7.05 Å². The van der Waals surface area contributed by atoms with Gasteiger partial charge in [0, 0.05) is 13.0 Å². The van der Waals surface area contributed by atoms with Gasteiger partial charge in [-0.15, -0.1) is 0 Å². The quantitative estimate of drug-likeness (QED) is 0.759. The summed E-state index contributed by atoms with van der Waals surface area (Å²) >= 11 is 0. The highest BCUT2D eigenvalue weighted by Crippen LogP contribution is 2.20. The molecule has 1 rings (SSSR count). The molecule has 0 aliphatic rings. The fourth-order valence-corrected chi connectivity index (χ4v) is 1.32. The van der Waals surface area contributed by atoms with Crippen LogP contribution in [0.25, 0.3) is 0 Å². The monoisotopic (exact) mass is 206 g/mol. The molecule has 1 aromatic heterocycles. The maximum atomic E-state index is 11.7. The highest BCUT2D eigenvalue weighted by molar-refractivity contribution is 5.78. The summed E-state index contributed by atoms with van der Waals surface area (Å²) in [4.78, 5) is 13.1. The van der Waals surface area contributed by atoms with E-state index in [2.05, 4.69) is 6.07 Å². The third-order valence-corrected chi connectivity index (χ3v) is 2.16. The lowest BCUT2D eigenvalue weighted by Crippen LogP contribution is -2.33. The van der Waals surface area contributed by atoms with Crippen LogP contribution in [0.1, 0.15) is 25.6 Å². The van der Waals surface area contributed by atoms with Gasteiger partial charge in [-0.2, -0.15) is 5.26 Å². The van der Waals surface area contributed by atoms with Gasteiger partial charge in [0.15, 0.2) is 6.04 Å². The van der Waals surface area contributed by atoms with Crippen molar-refractivity contribution >= 4 is 5.91 Å². The van der Waals surface area contributed by atoms with E-state index in [0.717, 1.165) is 0 Å². The van der Waals surface area contributed by atoms with Crippen LogP contribution in [-0.2, 0) is 4.79 Å². The number of nitriles is 1. The van der Waals surface area contributed by atoms with Crippen molar-refractivity contribution < 1.29 is 9.21 Å². The SMILES string of the molecule is CC(C)C(=O)N(C)C(C#N)c1ccco1. The molecule has 1 amide bonds. The van der Waals surface area contributed by atoms with Gasteiger partial charge in [0.1, 0.15) is 5.76 Å². The summed E-state index contributed by atoms with van der Waals surface area (Å²) in [6.07, 6.45) is 1.49. The Morgan fingerprint density at radius 3 is 2.67 bits per heavy atom. The molecule has 0 saturated carbocycles. The Kier molecular flexibility index (Phi) is 3.51. The second-order valence-corrected chi connectivity index (χ2v) is 3.65. The Morgan fingerprint density at radius 2 is 2.27 bits per heavy atom. The minimum atomic E-state index is -0.644. The van der Waals surface area contributed by atoms with Gasteiger partial charge >= 0.3 is 0 Å². The van der Waals surface area contributed by atoms with Gasteiger partial charge in [-0.3, -0.25) is 4.79 Å². The molecular weight excluding hydrogens is 192 g/mol. The molecule has 1 aromatic rings. The number of furan rings is 1. The van der Waals surface area contributed by atoms with Crippen molar-refractivity contribution in [3.63, 3.8) is 0 Å². The van der Waals surface area contributed by atoms with Crippen LogP contribution in [0.15, 0.2) is 22.8 Å². The second kappa shape index (κ2) is 4.65. The van der Waals surface area contributed by atoms with E-state index in [-0.39, 0.29) is 11.8 Å². The standard InChI is InChI=1S/C11H14N2O2/c1-8(2)11(14)13(3)9(7-12)10-5-4-6-15-10/h4-6,8-9H,1-3H3. The topological polar surface area (TPSA) is 57.2 Å². The molecule has 0 bridgehead atoms. The van der Waals surface area contributed by atoms with Crippen LogP contribution in [0, 0.1) is 17.2 Å². The predicted octanol–water partition coefficient (Wildman–Crippen LogP) is 1.96. The summed E-state index contributed by atoms with van der Waals surface area (Å²) in [5.74, 6) is 0.299. The zero-order chi connectivity index (χ0) is 11.4. The molecule has 0 aliphatic carbocycles. The Morgan fingerprint density at radius 1 is 1.60 bits per heavy atom. The van der Waals surface area contributed by atoms with Gasteiger partial charge in [0.05, 0.1) is 12.3 Å². The van der Waals surface area contributed by atoms with Crippen LogP contribution in [-0.4, -0.2) is 17.9 Å². The first kappa shape index (κ1) is 11.3. The summed E-state index contributed by atoms with van der Waals surface area (Å²) in [7, 11) is 1.61. The Labute approximate surface area is 89.1 Å². The zero-order valence-corrected chi connectivity index (χ0v) is 9.10. The van der Waals surface area contributed by atoms with Gasteiger partial charge in [-0.1, -0.05) is 13.8 Å². The molecule has 4 nitrogen and oxygen atoms in total. The molecule has 0 fully saturated rings. The van der Waals surface area contributed by atoms with Crippen LogP contribution >= 0.6 is 0 Å². The molecule has 0 saturated heterocycles. The van der Waals surface area contributed by atoms with Crippen LogP contribution in [0.4, 0.5) is 0 Å². The summed E-state index contributed by atoms with van der Waals surface area (Å²) in [6, 6.07) is 4.80. The van der Waals surface area contributed by atoms with Crippen LogP contribution < -0.4 is 0 Å². The van der Waals surface area contributed by atoms with E-state index in [1.807, 2.05) is 0 Å². The number of carbonyl (C=O) groups is 1. The molecule has 0 N–H and O–H groups in total. The molecule has 0 spiro atoms. The van der Waals surface area contributed by atoms with Gasteiger partial charge in [0.2, 0.25) is 5.91 Å². The molecule has 1 atom stereocenters. The summed E-state index contributed by atoms with van der Waals surface area (Å²) in [5.41, 5.74) is 0. The third kappa shape index (κ3) is 2.38. The van der Waals surface area contributed by atoms with E-state index in [9.17, 15) is 4.79 Å². The number of hydrogen-bond acceptors (Lipinski definition) is 3. The number of hydrogen-bond donors (Lipinski definition) is 0. The molecule has 0 radical (unpaired) electrons. The van der Waals surface area contributed by atoms with Gasteiger partial charge in [-0.25, -0.2) is 0 Å². The molecule has 80 valence electrons. The Bertz CT molecular complexity index is 362. The van der Waals surface area contributed by atoms with Gasteiger partial charge < -0.3 is 9.32 Å². The minimum absolute atomic E-state index is 0.0713. The van der Waals surface area contributed by atoms with Crippen LogP contribution in [0.2, 0.25) is 0 Å². The Balaban J connectivity index is 2.86. The number of amides is 1. The third-order valence-electron chi connectivity index (χ3n) is 2.16. The molecule has 0 aromatic carbocycles. The van der Waals surface area contributed by atoms with Crippen molar-refractivity contribution in [2.24, 2.45) is 5.92 Å².